The van der Waals surface area contributed by atoms with E-state index in [-0.39, 0.29) is 0 Å². The molecule has 0 aliphatic heterocycles. The molecule has 0 aliphatic rings. The van der Waals surface area contributed by atoms with Crippen molar-refractivity contribution in [2.75, 3.05) is 0 Å². The number of rotatable bonds is 5. The predicted octanol–water partition coefficient (Wildman–Crippen LogP) is 3.36. The second kappa shape index (κ2) is 6.70. The van der Waals surface area contributed by atoms with Crippen LogP contribution in [0.25, 0.3) is 11.5 Å². The summed E-state index contributed by atoms with van der Waals surface area (Å²) in [4.78, 5) is 8.41. The minimum Gasteiger partial charge on any atom is -0.301 e. The van der Waals surface area contributed by atoms with Crippen LogP contribution in [0.5, 0.6) is 0 Å². The van der Waals surface area contributed by atoms with Gasteiger partial charge in [-0.3, -0.25) is 4.98 Å². The van der Waals surface area contributed by atoms with Gasteiger partial charge in [0.1, 0.15) is 5.69 Å². The van der Waals surface area contributed by atoms with E-state index >= 15 is 0 Å². The second-order valence-corrected chi connectivity index (χ2v) is 5.80. The lowest BCUT2D eigenvalue weighted by atomic mass is 10.1. The fraction of sp³-hybridized carbons (Fsp3) is 0.250. The van der Waals surface area contributed by atoms with Crippen LogP contribution in [0.1, 0.15) is 18.1 Å². The summed E-state index contributed by atoms with van der Waals surface area (Å²) in [6.07, 6.45) is 5.04. The Hall–Kier alpha value is -2.21. The van der Waals surface area contributed by atoms with E-state index in [1.165, 1.54) is 11.1 Å². The zero-order valence-corrected chi connectivity index (χ0v) is 13.4. The van der Waals surface area contributed by atoms with E-state index in [1.54, 1.807) is 30.4 Å². The average Bonchev–Trinajstić information content (AvgIpc) is 2.98. The van der Waals surface area contributed by atoms with Crippen LogP contribution >= 0.6 is 11.8 Å². The summed E-state index contributed by atoms with van der Waals surface area (Å²) < 4.78 is 2.08. The normalized spacial score (nSPS) is 10.8. The molecule has 3 rings (SSSR count). The minimum absolute atomic E-state index is 0.750. The summed E-state index contributed by atoms with van der Waals surface area (Å²) in [5.74, 6) is 1.65. The maximum absolute atomic E-state index is 4.32. The highest BCUT2D eigenvalue weighted by Gasteiger charge is 2.14. The van der Waals surface area contributed by atoms with Crippen molar-refractivity contribution in [1.29, 1.82) is 0 Å². The zero-order chi connectivity index (χ0) is 15.4. The monoisotopic (exact) mass is 311 g/mol. The summed E-state index contributed by atoms with van der Waals surface area (Å²) in [6.45, 7) is 5.02. The third-order valence-corrected chi connectivity index (χ3v) is 4.46. The number of aromatic nitrogens is 5. The lowest BCUT2D eigenvalue weighted by molar-refractivity contribution is 0.685. The van der Waals surface area contributed by atoms with E-state index in [2.05, 4.69) is 62.8 Å². The van der Waals surface area contributed by atoms with Crippen molar-refractivity contribution < 1.29 is 0 Å². The minimum atomic E-state index is 0.750. The Kier molecular flexibility index (Phi) is 4.48. The maximum atomic E-state index is 4.32. The smallest absolute Gasteiger partial charge is 0.191 e. The highest BCUT2D eigenvalue weighted by Crippen LogP contribution is 2.26. The highest BCUT2D eigenvalue weighted by molar-refractivity contribution is 7.98. The molecule has 2 aromatic heterocycles. The Balaban J connectivity index is 1.83. The molecule has 5 nitrogen and oxygen atoms in total. The summed E-state index contributed by atoms with van der Waals surface area (Å²) >= 11 is 1.70. The topological polar surface area (TPSA) is 56.5 Å². The first kappa shape index (κ1) is 14.7. The first-order valence-electron chi connectivity index (χ1n) is 7.16. The van der Waals surface area contributed by atoms with Crippen LogP contribution < -0.4 is 0 Å². The number of aryl methyl sites for hydroxylation is 1. The molecule has 2 heterocycles. The second-order valence-electron chi connectivity index (χ2n) is 4.86. The number of thioether (sulfide) groups is 1. The molecule has 0 radical (unpaired) electrons. The van der Waals surface area contributed by atoms with Gasteiger partial charge in [-0.15, -0.1) is 10.2 Å². The third-order valence-electron chi connectivity index (χ3n) is 3.44. The van der Waals surface area contributed by atoms with Gasteiger partial charge in [0.25, 0.3) is 0 Å². The first-order valence-corrected chi connectivity index (χ1v) is 8.15. The van der Waals surface area contributed by atoms with Crippen LogP contribution in [-0.4, -0.2) is 24.7 Å². The van der Waals surface area contributed by atoms with Crippen molar-refractivity contribution >= 4 is 11.8 Å². The quantitative estimate of drug-likeness (QED) is 0.676. The van der Waals surface area contributed by atoms with E-state index in [0.717, 1.165) is 29.0 Å². The molecule has 0 aliphatic carbocycles. The molecule has 0 saturated carbocycles. The van der Waals surface area contributed by atoms with Gasteiger partial charge in [0.2, 0.25) is 0 Å². The van der Waals surface area contributed by atoms with E-state index in [0.29, 0.717) is 0 Å². The van der Waals surface area contributed by atoms with Crippen LogP contribution in [0.4, 0.5) is 0 Å². The Morgan fingerprint density at radius 2 is 2.00 bits per heavy atom. The molecule has 0 spiro atoms. The third kappa shape index (κ3) is 3.01. The number of hydrogen-bond acceptors (Lipinski definition) is 5. The average molecular weight is 311 g/mol. The van der Waals surface area contributed by atoms with Gasteiger partial charge in [-0.2, -0.15) is 0 Å². The van der Waals surface area contributed by atoms with Crippen molar-refractivity contribution in [2.24, 2.45) is 0 Å². The van der Waals surface area contributed by atoms with Crippen LogP contribution in [0.3, 0.4) is 0 Å². The van der Waals surface area contributed by atoms with Crippen molar-refractivity contribution in [1.82, 2.24) is 24.7 Å². The fourth-order valence-corrected chi connectivity index (χ4v) is 3.28. The standard InChI is InChI=1S/C16H17N5S/c1-3-21-15(14-10-17-8-9-18-14)19-20-16(21)22-11-13-7-5-4-6-12(13)2/h4-10H,3,11H2,1-2H3. The fourth-order valence-electron chi connectivity index (χ4n) is 2.20. The van der Waals surface area contributed by atoms with Crippen LogP contribution in [0.2, 0.25) is 0 Å². The lowest BCUT2D eigenvalue weighted by Gasteiger charge is -2.07. The van der Waals surface area contributed by atoms with Gasteiger partial charge >= 0.3 is 0 Å². The van der Waals surface area contributed by atoms with Crippen molar-refractivity contribution in [3.05, 3.63) is 54.0 Å². The molecule has 22 heavy (non-hydrogen) atoms. The number of benzene rings is 1. The molecular formula is C16H17N5S. The van der Waals surface area contributed by atoms with Gasteiger partial charge in [-0.05, 0) is 25.0 Å². The first-order chi connectivity index (χ1) is 10.8. The highest BCUT2D eigenvalue weighted by atomic mass is 32.2. The number of nitrogens with zero attached hydrogens (tertiary/aromatic N) is 5. The van der Waals surface area contributed by atoms with Gasteiger partial charge < -0.3 is 4.57 Å². The molecule has 0 saturated heterocycles. The molecule has 0 atom stereocenters. The Morgan fingerprint density at radius 3 is 2.73 bits per heavy atom. The van der Waals surface area contributed by atoms with E-state index in [1.807, 2.05) is 0 Å². The summed E-state index contributed by atoms with van der Waals surface area (Å²) in [5, 5.41) is 9.51. The van der Waals surface area contributed by atoms with Gasteiger partial charge in [0.15, 0.2) is 11.0 Å². The van der Waals surface area contributed by atoms with Crippen LogP contribution in [-0.2, 0) is 12.3 Å². The molecule has 3 aromatic rings. The molecule has 0 N–H and O–H groups in total. The van der Waals surface area contributed by atoms with Crippen LogP contribution in [0, 0.1) is 6.92 Å². The van der Waals surface area contributed by atoms with Crippen LogP contribution in [0.15, 0.2) is 48.0 Å². The Morgan fingerprint density at radius 1 is 1.14 bits per heavy atom. The van der Waals surface area contributed by atoms with Gasteiger partial charge in [0.05, 0.1) is 6.20 Å². The summed E-state index contributed by atoms with van der Waals surface area (Å²) in [7, 11) is 0. The molecular weight excluding hydrogens is 294 g/mol. The predicted molar refractivity (Wildman–Crippen MR) is 87.5 cm³/mol. The molecule has 0 fully saturated rings. The van der Waals surface area contributed by atoms with Gasteiger partial charge in [0, 0.05) is 24.7 Å². The molecule has 0 unspecified atom stereocenters. The van der Waals surface area contributed by atoms with E-state index < -0.39 is 0 Å². The van der Waals surface area contributed by atoms with E-state index in [4.69, 9.17) is 0 Å². The Bertz CT molecular complexity index is 754. The lowest BCUT2D eigenvalue weighted by Crippen LogP contribution is -2.01. The Labute approximate surface area is 133 Å². The molecule has 112 valence electrons. The van der Waals surface area contributed by atoms with Gasteiger partial charge in [-0.25, -0.2) is 4.98 Å². The molecule has 1 aromatic carbocycles. The van der Waals surface area contributed by atoms with Gasteiger partial charge in [-0.1, -0.05) is 36.0 Å². The molecule has 0 bridgehead atoms. The molecule has 6 heteroatoms. The molecule has 0 amide bonds. The summed E-state index contributed by atoms with van der Waals surface area (Å²) in [5.41, 5.74) is 3.37. The maximum Gasteiger partial charge on any atom is 0.191 e. The van der Waals surface area contributed by atoms with E-state index in [9.17, 15) is 0 Å². The largest absolute Gasteiger partial charge is 0.301 e. The zero-order valence-electron chi connectivity index (χ0n) is 12.6. The van der Waals surface area contributed by atoms with Crippen molar-refractivity contribution in [2.45, 2.75) is 31.3 Å². The van der Waals surface area contributed by atoms with Crippen molar-refractivity contribution in [3.63, 3.8) is 0 Å². The van der Waals surface area contributed by atoms with Crippen molar-refractivity contribution in [3.8, 4) is 11.5 Å². The summed E-state index contributed by atoms with van der Waals surface area (Å²) in [6, 6.07) is 8.41. The number of hydrogen-bond donors (Lipinski definition) is 0. The SMILES string of the molecule is CCn1c(SCc2ccccc2C)nnc1-c1cnccn1.